The number of anilines is 1. The summed E-state index contributed by atoms with van der Waals surface area (Å²) in [4.78, 5) is 11.0. The van der Waals surface area contributed by atoms with Gasteiger partial charge in [-0.2, -0.15) is 0 Å². The smallest absolute Gasteiger partial charge is 0.225 e. The number of hydrogen-bond donors (Lipinski definition) is 1. The van der Waals surface area contributed by atoms with E-state index < -0.39 is 0 Å². The van der Waals surface area contributed by atoms with Crippen molar-refractivity contribution in [3.63, 3.8) is 0 Å². The first-order chi connectivity index (χ1) is 10.2. The maximum Gasteiger partial charge on any atom is 0.225 e. The number of hydrogen-bond acceptors (Lipinski definition) is 5. The molecule has 5 nitrogen and oxygen atoms in total. The molecule has 1 aromatic heterocycles. The first kappa shape index (κ1) is 14.7. The van der Waals surface area contributed by atoms with Gasteiger partial charge >= 0.3 is 0 Å². The van der Waals surface area contributed by atoms with Crippen molar-refractivity contribution in [3.05, 3.63) is 18.5 Å². The lowest BCUT2D eigenvalue weighted by atomic mass is 9.96. The van der Waals surface area contributed by atoms with Gasteiger partial charge in [0, 0.05) is 37.6 Å². The summed E-state index contributed by atoms with van der Waals surface area (Å²) in [5.74, 6) is 0.865. The molecule has 2 saturated heterocycles. The molecule has 116 valence electrons. The Morgan fingerprint density at radius 1 is 1.05 bits per heavy atom. The lowest BCUT2D eigenvalue weighted by Crippen LogP contribution is -2.50. The molecule has 2 aliphatic heterocycles. The van der Waals surface area contributed by atoms with E-state index in [9.17, 15) is 0 Å². The highest BCUT2D eigenvalue weighted by atomic mass is 16.5. The molecule has 1 N–H and O–H groups in total. The number of nitrogens with zero attached hydrogens (tertiary/aromatic N) is 3. The van der Waals surface area contributed by atoms with Crippen molar-refractivity contribution >= 4 is 5.95 Å². The number of rotatable bonds is 3. The largest absolute Gasteiger partial charge is 0.375 e. The van der Waals surface area contributed by atoms with Gasteiger partial charge in [0.2, 0.25) is 5.95 Å². The Morgan fingerprint density at radius 3 is 2.29 bits per heavy atom. The Labute approximate surface area is 127 Å². The fraction of sp³-hybridized carbons (Fsp3) is 0.750. The minimum Gasteiger partial charge on any atom is -0.375 e. The Morgan fingerprint density at radius 2 is 1.67 bits per heavy atom. The molecule has 0 aromatic carbocycles. The quantitative estimate of drug-likeness (QED) is 0.922. The first-order valence-electron chi connectivity index (χ1n) is 8.14. The molecule has 1 aromatic rings. The van der Waals surface area contributed by atoms with Gasteiger partial charge in [0.05, 0.1) is 12.2 Å². The first-order valence-corrected chi connectivity index (χ1v) is 8.14. The fourth-order valence-corrected chi connectivity index (χ4v) is 3.58. The van der Waals surface area contributed by atoms with Gasteiger partial charge in [0.1, 0.15) is 0 Å². The van der Waals surface area contributed by atoms with E-state index >= 15 is 0 Å². The van der Waals surface area contributed by atoms with Crippen molar-refractivity contribution in [1.29, 1.82) is 0 Å². The predicted octanol–water partition coefficient (Wildman–Crippen LogP) is 1.99. The molecule has 0 radical (unpaired) electrons. The van der Waals surface area contributed by atoms with E-state index in [1.54, 1.807) is 0 Å². The summed E-state index contributed by atoms with van der Waals surface area (Å²) in [6.07, 6.45) is 8.98. The van der Waals surface area contributed by atoms with Crippen molar-refractivity contribution in [2.24, 2.45) is 0 Å². The summed E-state index contributed by atoms with van der Waals surface area (Å²) in [6, 6.07) is 3.09. The van der Waals surface area contributed by atoms with Crippen LogP contribution in [0.5, 0.6) is 0 Å². The molecule has 21 heavy (non-hydrogen) atoms. The van der Waals surface area contributed by atoms with Crippen molar-refractivity contribution in [2.45, 2.75) is 63.8 Å². The third-order valence-corrected chi connectivity index (χ3v) is 4.50. The van der Waals surface area contributed by atoms with Crippen LogP contribution in [0.15, 0.2) is 18.5 Å². The van der Waals surface area contributed by atoms with E-state index in [1.807, 2.05) is 18.5 Å². The summed E-state index contributed by atoms with van der Waals surface area (Å²) in [7, 11) is 0. The third-order valence-electron chi connectivity index (χ3n) is 4.50. The molecule has 2 atom stereocenters. The summed E-state index contributed by atoms with van der Waals surface area (Å²) >= 11 is 0. The topological polar surface area (TPSA) is 50.3 Å². The van der Waals surface area contributed by atoms with Crippen LogP contribution < -0.4 is 10.2 Å². The molecule has 3 rings (SSSR count). The molecule has 5 heteroatoms. The molecule has 0 aliphatic carbocycles. The highest BCUT2D eigenvalue weighted by molar-refractivity contribution is 5.29. The SMILES string of the molecule is CC1CC(NC2CCN(c3ncccn3)CC2)CC(C)O1. The normalized spacial score (nSPS) is 31.3. The van der Waals surface area contributed by atoms with Gasteiger partial charge in [-0.05, 0) is 45.6 Å². The molecule has 2 unspecified atom stereocenters. The van der Waals surface area contributed by atoms with Gasteiger partial charge < -0.3 is 15.0 Å². The second-order valence-corrected chi connectivity index (χ2v) is 6.40. The van der Waals surface area contributed by atoms with Crippen molar-refractivity contribution < 1.29 is 4.74 Å². The van der Waals surface area contributed by atoms with Gasteiger partial charge in [0.25, 0.3) is 0 Å². The molecule has 2 aliphatic rings. The standard InChI is InChI=1S/C16H26N4O/c1-12-10-15(11-13(2)21-12)19-14-4-8-20(9-5-14)16-17-6-3-7-18-16/h3,6-7,12-15,19H,4-5,8-11H2,1-2H3. The van der Waals surface area contributed by atoms with Crippen LogP contribution in [0.3, 0.4) is 0 Å². The average Bonchev–Trinajstić information content (AvgIpc) is 2.48. The van der Waals surface area contributed by atoms with Crippen LogP contribution in [0.1, 0.15) is 39.5 Å². The van der Waals surface area contributed by atoms with Crippen LogP contribution >= 0.6 is 0 Å². The summed E-state index contributed by atoms with van der Waals surface area (Å²) < 4.78 is 5.82. The van der Waals surface area contributed by atoms with Crippen LogP contribution in [-0.4, -0.2) is 47.3 Å². The van der Waals surface area contributed by atoms with E-state index in [1.165, 1.54) is 12.8 Å². The van der Waals surface area contributed by atoms with E-state index in [0.717, 1.165) is 31.9 Å². The summed E-state index contributed by atoms with van der Waals surface area (Å²) in [5.41, 5.74) is 0. The minimum absolute atomic E-state index is 0.379. The monoisotopic (exact) mass is 290 g/mol. The van der Waals surface area contributed by atoms with Crippen LogP contribution in [0.25, 0.3) is 0 Å². The fourth-order valence-electron chi connectivity index (χ4n) is 3.58. The third kappa shape index (κ3) is 3.92. The Kier molecular flexibility index (Phi) is 4.70. The zero-order valence-corrected chi connectivity index (χ0v) is 13.0. The average molecular weight is 290 g/mol. The Bertz CT molecular complexity index is 423. The van der Waals surface area contributed by atoms with Gasteiger partial charge in [-0.15, -0.1) is 0 Å². The lowest BCUT2D eigenvalue weighted by Gasteiger charge is -2.38. The number of piperidine rings is 1. The molecule has 2 fully saturated rings. The van der Waals surface area contributed by atoms with E-state index in [2.05, 4.69) is 34.0 Å². The van der Waals surface area contributed by atoms with Crippen molar-refractivity contribution in [2.75, 3.05) is 18.0 Å². The highest BCUT2D eigenvalue weighted by Crippen LogP contribution is 2.22. The second kappa shape index (κ2) is 6.71. The molecule has 0 amide bonds. The maximum absolute atomic E-state index is 5.82. The molecular weight excluding hydrogens is 264 g/mol. The summed E-state index contributed by atoms with van der Waals surface area (Å²) in [5, 5.41) is 3.84. The molecule has 0 saturated carbocycles. The van der Waals surface area contributed by atoms with Crippen molar-refractivity contribution in [1.82, 2.24) is 15.3 Å². The van der Waals surface area contributed by atoms with Crippen molar-refractivity contribution in [3.8, 4) is 0 Å². The number of ether oxygens (including phenoxy) is 1. The minimum atomic E-state index is 0.379. The Balaban J connectivity index is 1.48. The predicted molar refractivity (Wildman–Crippen MR) is 83.4 cm³/mol. The zero-order chi connectivity index (χ0) is 14.7. The van der Waals surface area contributed by atoms with Gasteiger partial charge in [-0.1, -0.05) is 0 Å². The van der Waals surface area contributed by atoms with E-state index in [-0.39, 0.29) is 0 Å². The molecule has 0 spiro atoms. The lowest BCUT2D eigenvalue weighted by molar-refractivity contribution is -0.0439. The maximum atomic E-state index is 5.82. The Hall–Kier alpha value is -1.20. The van der Waals surface area contributed by atoms with E-state index in [4.69, 9.17) is 4.74 Å². The van der Waals surface area contributed by atoms with Crippen LogP contribution in [0.2, 0.25) is 0 Å². The zero-order valence-electron chi connectivity index (χ0n) is 13.0. The summed E-state index contributed by atoms with van der Waals surface area (Å²) in [6.45, 7) is 6.44. The van der Waals surface area contributed by atoms with Crippen LogP contribution in [-0.2, 0) is 4.74 Å². The highest BCUT2D eigenvalue weighted by Gasteiger charge is 2.28. The van der Waals surface area contributed by atoms with Gasteiger partial charge in [-0.3, -0.25) is 0 Å². The van der Waals surface area contributed by atoms with Gasteiger partial charge in [0.15, 0.2) is 0 Å². The van der Waals surface area contributed by atoms with Gasteiger partial charge in [-0.25, -0.2) is 9.97 Å². The number of aromatic nitrogens is 2. The van der Waals surface area contributed by atoms with Crippen LogP contribution in [0.4, 0.5) is 5.95 Å². The second-order valence-electron chi connectivity index (χ2n) is 6.40. The molecule has 0 bridgehead atoms. The van der Waals surface area contributed by atoms with E-state index in [0.29, 0.717) is 24.3 Å². The number of nitrogens with one attached hydrogen (secondary N) is 1. The van der Waals surface area contributed by atoms with Crippen LogP contribution in [0, 0.1) is 0 Å². The molecular formula is C16H26N4O. The molecule has 3 heterocycles.